The number of imide groups is 1. The Morgan fingerprint density at radius 1 is 1.12 bits per heavy atom. The zero-order valence-electron chi connectivity index (χ0n) is 13.3. The van der Waals surface area contributed by atoms with Crippen molar-refractivity contribution in [2.75, 3.05) is 12.3 Å². The Bertz CT molecular complexity index is 882. The molecule has 24 heavy (non-hydrogen) atoms. The Hall–Kier alpha value is -3.09. The number of carbonyl (C=O) groups is 2. The Balaban J connectivity index is 2.02. The van der Waals surface area contributed by atoms with E-state index >= 15 is 0 Å². The van der Waals surface area contributed by atoms with Crippen molar-refractivity contribution in [3.8, 4) is 11.4 Å². The summed E-state index contributed by atoms with van der Waals surface area (Å²) in [6.45, 7) is 4.68. The number of fused-ring (bicyclic) bond motifs is 1. The van der Waals surface area contributed by atoms with Gasteiger partial charge in [0.2, 0.25) is 0 Å². The summed E-state index contributed by atoms with van der Waals surface area (Å²) in [5.74, 6) is -0.193. The topological polar surface area (TPSA) is 103 Å². The predicted molar refractivity (Wildman–Crippen MR) is 88.6 cm³/mol. The molecule has 0 unspecified atom stereocenters. The van der Waals surface area contributed by atoms with E-state index in [1.54, 1.807) is 24.3 Å². The molecule has 2 amide bonds. The molecule has 0 atom stereocenters. The van der Waals surface area contributed by atoms with E-state index in [0.29, 0.717) is 24.0 Å². The molecule has 3 N–H and O–H groups in total. The largest absolute Gasteiger partial charge is 0.493 e. The number of nitrogen functional groups attached to an aromatic ring is 1. The van der Waals surface area contributed by atoms with E-state index in [1.165, 1.54) is 4.57 Å². The normalized spacial score (nSPS) is 13.1. The van der Waals surface area contributed by atoms with Gasteiger partial charge in [0, 0.05) is 6.07 Å². The lowest BCUT2D eigenvalue weighted by atomic mass is 10.1. The second-order valence-electron chi connectivity index (χ2n) is 5.97. The molecule has 0 fully saturated rings. The van der Waals surface area contributed by atoms with Crippen LogP contribution in [0, 0.1) is 5.92 Å². The third kappa shape index (κ3) is 2.64. The van der Waals surface area contributed by atoms with E-state index in [9.17, 15) is 14.4 Å². The zero-order valence-corrected chi connectivity index (χ0v) is 13.3. The molecule has 1 aromatic heterocycles. The van der Waals surface area contributed by atoms with Gasteiger partial charge in [0.25, 0.3) is 17.4 Å². The van der Waals surface area contributed by atoms with Crippen molar-refractivity contribution in [3.05, 3.63) is 51.8 Å². The lowest BCUT2D eigenvalue weighted by Crippen LogP contribution is -2.24. The maximum Gasteiger partial charge on any atom is 0.262 e. The van der Waals surface area contributed by atoms with E-state index in [4.69, 9.17) is 10.5 Å². The molecule has 1 aromatic carbocycles. The molecule has 0 spiro atoms. The minimum atomic E-state index is -0.608. The van der Waals surface area contributed by atoms with Gasteiger partial charge < -0.3 is 10.5 Å². The van der Waals surface area contributed by atoms with Gasteiger partial charge in [-0.25, -0.2) is 0 Å². The summed E-state index contributed by atoms with van der Waals surface area (Å²) in [4.78, 5) is 35.8. The van der Waals surface area contributed by atoms with Crippen LogP contribution in [0.25, 0.3) is 5.69 Å². The third-order valence-electron chi connectivity index (χ3n) is 3.63. The predicted octanol–water partition coefficient (Wildman–Crippen LogP) is 1.34. The molecule has 7 nitrogen and oxygen atoms in total. The summed E-state index contributed by atoms with van der Waals surface area (Å²) in [5, 5.41) is 2.14. The van der Waals surface area contributed by atoms with E-state index in [1.807, 2.05) is 13.8 Å². The maximum atomic E-state index is 12.3. The number of rotatable bonds is 4. The fourth-order valence-electron chi connectivity index (χ4n) is 2.50. The van der Waals surface area contributed by atoms with Crippen LogP contribution in [0.4, 0.5) is 5.82 Å². The highest BCUT2D eigenvalue weighted by Crippen LogP contribution is 2.23. The molecule has 0 radical (unpaired) electrons. The van der Waals surface area contributed by atoms with E-state index in [-0.39, 0.29) is 16.9 Å². The van der Waals surface area contributed by atoms with Crippen LogP contribution in [0.5, 0.6) is 5.75 Å². The SMILES string of the molecule is CC(C)COc1ccc(-n2c(N)c3c(cc2=O)C(=O)NC3=O)cc1. The molecule has 0 bridgehead atoms. The first-order valence-electron chi connectivity index (χ1n) is 7.53. The average molecular weight is 327 g/mol. The molecule has 0 aliphatic carbocycles. The second-order valence-corrected chi connectivity index (χ2v) is 5.97. The van der Waals surface area contributed by atoms with Crippen LogP contribution < -0.4 is 21.3 Å². The Morgan fingerprint density at radius 2 is 1.79 bits per heavy atom. The number of hydrogen-bond donors (Lipinski definition) is 2. The smallest absolute Gasteiger partial charge is 0.262 e. The van der Waals surface area contributed by atoms with E-state index in [2.05, 4.69) is 5.32 Å². The van der Waals surface area contributed by atoms with Crippen molar-refractivity contribution in [2.24, 2.45) is 5.92 Å². The van der Waals surface area contributed by atoms with Crippen molar-refractivity contribution >= 4 is 17.6 Å². The molecule has 7 heteroatoms. The molecule has 3 rings (SSSR count). The number of ether oxygens (including phenoxy) is 1. The maximum absolute atomic E-state index is 12.3. The van der Waals surface area contributed by atoms with Gasteiger partial charge in [0.05, 0.1) is 23.4 Å². The quantitative estimate of drug-likeness (QED) is 0.825. The summed E-state index contributed by atoms with van der Waals surface area (Å²) < 4.78 is 6.79. The van der Waals surface area contributed by atoms with Crippen molar-refractivity contribution in [1.29, 1.82) is 0 Å². The molecule has 2 heterocycles. The minimum absolute atomic E-state index is 0.00985. The fraction of sp³-hybridized carbons (Fsp3) is 0.235. The number of pyridine rings is 1. The number of nitrogens with zero attached hydrogens (tertiary/aromatic N) is 1. The third-order valence-corrected chi connectivity index (χ3v) is 3.63. The lowest BCUT2D eigenvalue weighted by Gasteiger charge is -2.13. The van der Waals surface area contributed by atoms with Gasteiger partial charge in [0.15, 0.2) is 0 Å². The molecule has 124 valence electrons. The van der Waals surface area contributed by atoms with Gasteiger partial charge in [-0.05, 0) is 30.2 Å². The standard InChI is InChI=1S/C17H17N3O4/c1-9(2)8-24-11-5-3-10(4-6-11)20-13(21)7-12-14(15(20)18)17(23)19-16(12)22/h3-7,9H,8,18H2,1-2H3,(H,19,22,23). The molecular formula is C17H17N3O4. The first-order valence-corrected chi connectivity index (χ1v) is 7.53. The van der Waals surface area contributed by atoms with E-state index in [0.717, 1.165) is 6.07 Å². The van der Waals surface area contributed by atoms with E-state index < -0.39 is 17.4 Å². The number of hydrogen-bond acceptors (Lipinski definition) is 5. The minimum Gasteiger partial charge on any atom is -0.493 e. The molecule has 2 aromatic rings. The van der Waals surface area contributed by atoms with Gasteiger partial charge in [-0.15, -0.1) is 0 Å². The number of aromatic nitrogens is 1. The van der Waals surface area contributed by atoms with Crippen LogP contribution >= 0.6 is 0 Å². The molecule has 1 aliphatic heterocycles. The molecular weight excluding hydrogens is 310 g/mol. The first kappa shape index (κ1) is 15.8. The summed E-state index contributed by atoms with van der Waals surface area (Å²) in [5.41, 5.74) is 6.02. The summed E-state index contributed by atoms with van der Waals surface area (Å²) in [6, 6.07) is 7.92. The Kier molecular flexibility index (Phi) is 3.84. The van der Waals surface area contributed by atoms with Gasteiger partial charge in [-0.2, -0.15) is 0 Å². The highest BCUT2D eigenvalue weighted by Gasteiger charge is 2.31. The molecule has 1 aliphatic rings. The number of nitrogens with one attached hydrogen (secondary N) is 1. The number of anilines is 1. The number of amides is 2. The zero-order chi connectivity index (χ0) is 17.4. The van der Waals surface area contributed by atoms with Crippen LogP contribution in [0.15, 0.2) is 35.1 Å². The Labute approximate surface area is 138 Å². The van der Waals surface area contributed by atoms with Crippen molar-refractivity contribution in [2.45, 2.75) is 13.8 Å². The van der Waals surface area contributed by atoms with Gasteiger partial charge in [0.1, 0.15) is 11.6 Å². The lowest BCUT2D eigenvalue weighted by molar-refractivity contribution is 0.0880. The Morgan fingerprint density at radius 3 is 2.42 bits per heavy atom. The van der Waals surface area contributed by atoms with Crippen LogP contribution in [0.2, 0.25) is 0 Å². The van der Waals surface area contributed by atoms with Gasteiger partial charge in [-0.1, -0.05) is 13.8 Å². The summed E-state index contributed by atoms with van der Waals surface area (Å²) in [7, 11) is 0. The van der Waals surface area contributed by atoms with Crippen LogP contribution in [-0.4, -0.2) is 23.0 Å². The van der Waals surface area contributed by atoms with Crippen molar-refractivity contribution < 1.29 is 14.3 Å². The number of benzene rings is 1. The second kappa shape index (κ2) is 5.84. The monoisotopic (exact) mass is 327 g/mol. The molecule has 0 saturated carbocycles. The van der Waals surface area contributed by atoms with Crippen LogP contribution in [-0.2, 0) is 0 Å². The molecule has 0 saturated heterocycles. The highest BCUT2D eigenvalue weighted by molar-refractivity contribution is 6.23. The number of carbonyl (C=O) groups excluding carboxylic acids is 2. The van der Waals surface area contributed by atoms with Gasteiger partial charge >= 0.3 is 0 Å². The summed E-state index contributed by atoms with van der Waals surface area (Å²) in [6.07, 6.45) is 0. The fourth-order valence-corrected chi connectivity index (χ4v) is 2.50. The van der Waals surface area contributed by atoms with Gasteiger partial charge in [-0.3, -0.25) is 24.3 Å². The highest BCUT2D eigenvalue weighted by atomic mass is 16.5. The average Bonchev–Trinajstić information content (AvgIpc) is 2.80. The van der Waals surface area contributed by atoms with Crippen molar-refractivity contribution in [3.63, 3.8) is 0 Å². The van der Waals surface area contributed by atoms with Crippen molar-refractivity contribution in [1.82, 2.24) is 9.88 Å². The van der Waals surface area contributed by atoms with Crippen LogP contribution in [0.3, 0.4) is 0 Å². The first-order chi connectivity index (χ1) is 11.4. The number of nitrogens with two attached hydrogens (primary N) is 1. The van der Waals surface area contributed by atoms with Crippen LogP contribution in [0.1, 0.15) is 34.6 Å². The summed E-state index contributed by atoms with van der Waals surface area (Å²) >= 11 is 0.